The Morgan fingerprint density at radius 2 is 1.74 bits per heavy atom. The van der Waals surface area contributed by atoms with E-state index in [0.717, 1.165) is 0 Å². The molecular formula is C16H28N2O5. The molecule has 0 bridgehead atoms. The first-order valence-electron chi connectivity index (χ1n) is 7.91. The van der Waals surface area contributed by atoms with Gasteiger partial charge in [-0.2, -0.15) is 0 Å². The first-order valence-corrected chi connectivity index (χ1v) is 7.91. The average molecular weight is 328 g/mol. The van der Waals surface area contributed by atoms with Crippen LogP contribution in [0.2, 0.25) is 0 Å². The number of hydrogen-bond donors (Lipinski definition) is 1. The van der Waals surface area contributed by atoms with Crippen LogP contribution < -0.4 is 5.32 Å². The molecule has 0 radical (unpaired) electrons. The first kappa shape index (κ1) is 19.3. The van der Waals surface area contributed by atoms with E-state index < -0.39 is 17.3 Å². The van der Waals surface area contributed by atoms with Gasteiger partial charge in [0.2, 0.25) is 5.91 Å². The summed E-state index contributed by atoms with van der Waals surface area (Å²) in [5.74, 6) is -0.0485. The Hall–Kier alpha value is -1.79. The fourth-order valence-electron chi connectivity index (χ4n) is 2.40. The van der Waals surface area contributed by atoms with Crippen molar-refractivity contribution in [3.05, 3.63) is 0 Å². The lowest BCUT2D eigenvalue weighted by Crippen LogP contribution is -2.48. The minimum atomic E-state index is -0.801. The van der Waals surface area contributed by atoms with Gasteiger partial charge in [0.15, 0.2) is 0 Å². The predicted molar refractivity (Wildman–Crippen MR) is 84.8 cm³/mol. The molecule has 0 aromatic heterocycles. The minimum absolute atomic E-state index is 0.00753. The van der Waals surface area contributed by atoms with Crippen molar-refractivity contribution in [1.82, 2.24) is 10.2 Å². The van der Waals surface area contributed by atoms with Crippen LogP contribution in [0, 0.1) is 0 Å². The molecule has 0 unspecified atom stereocenters. The van der Waals surface area contributed by atoms with Gasteiger partial charge in [-0.3, -0.25) is 9.59 Å². The van der Waals surface area contributed by atoms with E-state index in [1.807, 2.05) is 20.8 Å². The Kier molecular flexibility index (Phi) is 6.41. The molecule has 0 spiro atoms. The minimum Gasteiger partial charge on any atom is -0.461 e. The zero-order valence-corrected chi connectivity index (χ0v) is 14.7. The molecule has 1 aliphatic heterocycles. The molecule has 0 saturated carbocycles. The van der Waals surface area contributed by atoms with Crippen LogP contribution >= 0.6 is 0 Å². The molecule has 0 aromatic rings. The van der Waals surface area contributed by atoms with Crippen LogP contribution in [0.25, 0.3) is 0 Å². The van der Waals surface area contributed by atoms with Crippen molar-refractivity contribution in [2.45, 2.75) is 71.1 Å². The van der Waals surface area contributed by atoms with Gasteiger partial charge in [0.05, 0.1) is 6.42 Å². The lowest BCUT2D eigenvalue weighted by molar-refractivity contribution is -0.147. The lowest BCUT2D eigenvalue weighted by Gasteiger charge is -2.34. The maximum Gasteiger partial charge on any atom is 0.407 e. The maximum absolute atomic E-state index is 12.2. The standard InChI is InChI=1S/C16H28N2O5/c1-15(2,3)23-14(21)17-12-6-8-18(9-7-12)13(20)10-16(4,5)22-11-19/h11-12H,6-10H2,1-5H3,(H,17,21). The molecule has 0 aliphatic carbocycles. The van der Waals surface area contributed by atoms with E-state index in [1.54, 1.807) is 18.7 Å². The number of likely N-dealkylation sites (tertiary alicyclic amines) is 1. The van der Waals surface area contributed by atoms with Crippen molar-refractivity contribution in [3.63, 3.8) is 0 Å². The van der Waals surface area contributed by atoms with Gasteiger partial charge in [0.1, 0.15) is 11.2 Å². The molecule has 1 rings (SSSR count). The van der Waals surface area contributed by atoms with E-state index in [2.05, 4.69) is 5.32 Å². The Morgan fingerprint density at radius 3 is 2.22 bits per heavy atom. The summed E-state index contributed by atoms with van der Waals surface area (Å²) in [5.41, 5.74) is -1.32. The SMILES string of the molecule is CC(C)(C)OC(=O)NC1CCN(C(=O)CC(C)(C)OC=O)CC1. The Balaban J connectivity index is 2.39. The molecule has 1 saturated heterocycles. The van der Waals surface area contributed by atoms with E-state index >= 15 is 0 Å². The van der Waals surface area contributed by atoms with Crippen LogP contribution in [0.3, 0.4) is 0 Å². The number of piperidine rings is 1. The quantitative estimate of drug-likeness (QED) is 0.779. The summed E-state index contributed by atoms with van der Waals surface area (Å²) in [5, 5.41) is 2.83. The molecule has 1 aliphatic rings. The zero-order valence-electron chi connectivity index (χ0n) is 14.7. The molecule has 1 heterocycles. The van der Waals surface area contributed by atoms with Crippen molar-refractivity contribution in [2.75, 3.05) is 13.1 Å². The summed E-state index contributed by atoms with van der Waals surface area (Å²) in [7, 11) is 0. The van der Waals surface area contributed by atoms with Crippen LogP contribution in [-0.4, -0.2) is 53.7 Å². The largest absolute Gasteiger partial charge is 0.461 e. The van der Waals surface area contributed by atoms with Gasteiger partial charge in [0.25, 0.3) is 6.47 Å². The second-order valence-electron chi connectivity index (χ2n) is 7.45. The van der Waals surface area contributed by atoms with Crippen LogP contribution in [0.4, 0.5) is 4.79 Å². The fraction of sp³-hybridized carbons (Fsp3) is 0.812. The summed E-state index contributed by atoms with van der Waals surface area (Å²) in [6.45, 7) is 10.4. The highest BCUT2D eigenvalue weighted by atomic mass is 16.6. The van der Waals surface area contributed by atoms with Gasteiger partial charge in [-0.15, -0.1) is 0 Å². The number of rotatable bonds is 5. The van der Waals surface area contributed by atoms with E-state index in [1.165, 1.54) is 0 Å². The van der Waals surface area contributed by atoms with Crippen molar-refractivity contribution in [3.8, 4) is 0 Å². The number of hydrogen-bond acceptors (Lipinski definition) is 5. The Bertz CT molecular complexity index is 434. The van der Waals surface area contributed by atoms with E-state index in [9.17, 15) is 14.4 Å². The van der Waals surface area contributed by atoms with Gasteiger partial charge >= 0.3 is 6.09 Å². The summed E-state index contributed by atoms with van der Waals surface area (Å²) >= 11 is 0. The normalized spacial score (nSPS) is 16.7. The smallest absolute Gasteiger partial charge is 0.407 e. The molecule has 7 heteroatoms. The number of nitrogens with zero attached hydrogens (tertiary/aromatic N) is 1. The van der Waals surface area contributed by atoms with E-state index in [0.29, 0.717) is 32.4 Å². The Labute approximate surface area is 137 Å². The summed E-state index contributed by atoms with van der Waals surface area (Å²) in [6, 6.07) is 0.00753. The van der Waals surface area contributed by atoms with Crippen molar-refractivity contribution in [2.24, 2.45) is 0 Å². The maximum atomic E-state index is 12.2. The molecule has 0 aromatic carbocycles. The highest BCUT2D eigenvalue weighted by Crippen LogP contribution is 2.18. The molecular weight excluding hydrogens is 300 g/mol. The summed E-state index contributed by atoms with van der Waals surface area (Å²) in [6.07, 6.45) is 1.08. The third-order valence-electron chi connectivity index (χ3n) is 3.51. The molecule has 0 atom stereocenters. The molecule has 7 nitrogen and oxygen atoms in total. The third kappa shape index (κ3) is 7.34. The number of nitrogens with one attached hydrogen (secondary N) is 1. The lowest BCUT2D eigenvalue weighted by atomic mass is 10.0. The van der Waals surface area contributed by atoms with Gasteiger partial charge in [-0.25, -0.2) is 4.79 Å². The predicted octanol–water partition coefficient (Wildman–Crippen LogP) is 1.84. The number of carbonyl (C=O) groups excluding carboxylic acids is 3. The van der Waals surface area contributed by atoms with E-state index in [4.69, 9.17) is 9.47 Å². The third-order valence-corrected chi connectivity index (χ3v) is 3.51. The molecule has 1 N–H and O–H groups in total. The summed E-state index contributed by atoms with van der Waals surface area (Å²) in [4.78, 5) is 36.1. The van der Waals surface area contributed by atoms with Crippen LogP contribution in [0.5, 0.6) is 0 Å². The second kappa shape index (κ2) is 7.66. The number of ether oxygens (including phenoxy) is 2. The molecule has 132 valence electrons. The molecule has 2 amide bonds. The highest BCUT2D eigenvalue weighted by molar-refractivity contribution is 5.77. The van der Waals surface area contributed by atoms with Crippen molar-refractivity contribution < 1.29 is 23.9 Å². The van der Waals surface area contributed by atoms with Gasteiger partial charge in [-0.1, -0.05) is 0 Å². The monoisotopic (exact) mass is 328 g/mol. The van der Waals surface area contributed by atoms with Crippen molar-refractivity contribution >= 4 is 18.5 Å². The number of carbonyl (C=O) groups is 3. The van der Waals surface area contributed by atoms with E-state index in [-0.39, 0.29) is 18.4 Å². The first-order chi connectivity index (χ1) is 10.5. The zero-order chi connectivity index (χ0) is 17.7. The van der Waals surface area contributed by atoms with Gasteiger partial charge < -0.3 is 19.7 Å². The van der Waals surface area contributed by atoms with Crippen LogP contribution in [0.1, 0.15) is 53.9 Å². The van der Waals surface area contributed by atoms with Crippen LogP contribution in [0.15, 0.2) is 0 Å². The van der Waals surface area contributed by atoms with Crippen LogP contribution in [-0.2, 0) is 19.1 Å². The molecule has 23 heavy (non-hydrogen) atoms. The van der Waals surface area contributed by atoms with Crippen molar-refractivity contribution in [1.29, 1.82) is 0 Å². The van der Waals surface area contributed by atoms with Gasteiger partial charge in [0, 0.05) is 19.1 Å². The second-order valence-corrected chi connectivity index (χ2v) is 7.45. The molecule has 1 fully saturated rings. The Morgan fingerprint density at radius 1 is 1.17 bits per heavy atom. The van der Waals surface area contributed by atoms with Gasteiger partial charge in [-0.05, 0) is 47.5 Å². The average Bonchev–Trinajstić information content (AvgIpc) is 2.36. The highest BCUT2D eigenvalue weighted by Gasteiger charge is 2.30. The topological polar surface area (TPSA) is 84.9 Å². The number of amides is 2. The number of alkyl carbamates (subject to hydrolysis) is 1. The summed E-state index contributed by atoms with van der Waals surface area (Å²) < 4.78 is 10.1. The fourth-order valence-corrected chi connectivity index (χ4v) is 2.40.